The van der Waals surface area contributed by atoms with E-state index < -0.39 is 86.8 Å². The number of ether oxygens (including phenoxy) is 4. The second-order valence-electron chi connectivity index (χ2n) is 20.1. The average Bonchev–Trinajstić information content (AvgIpc) is 3.36. The van der Waals surface area contributed by atoms with Crippen molar-refractivity contribution in [3.8, 4) is 0 Å². The van der Waals surface area contributed by atoms with Gasteiger partial charge in [0.2, 0.25) is 5.91 Å². The maximum atomic E-state index is 13.2. The number of unbranched alkanes of at least 4 members (excludes halogenated alkanes) is 27. The zero-order chi connectivity index (χ0) is 51.0. The lowest BCUT2D eigenvalue weighted by atomic mass is 9.97. The van der Waals surface area contributed by atoms with Crippen molar-refractivity contribution in [2.24, 2.45) is 0 Å². The number of rotatable bonds is 44. The van der Waals surface area contributed by atoms with Gasteiger partial charge >= 0.3 is 0 Å². The minimum absolute atomic E-state index is 0.253. The van der Waals surface area contributed by atoms with Crippen molar-refractivity contribution in [2.75, 3.05) is 19.8 Å². The molecule has 2 rings (SSSR count). The van der Waals surface area contributed by atoms with E-state index in [0.29, 0.717) is 12.8 Å². The molecule has 0 aromatic rings. The second kappa shape index (κ2) is 42.6. The molecule has 2 aliphatic rings. The Morgan fingerprint density at radius 2 is 0.914 bits per heavy atom. The minimum Gasteiger partial charge on any atom is -0.394 e. The number of aliphatic hydroxyl groups excluding tert-OH is 8. The van der Waals surface area contributed by atoms with Gasteiger partial charge in [0, 0.05) is 6.42 Å². The molecule has 2 saturated heterocycles. The van der Waals surface area contributed by atoms with Gasteiger partial charge in [-0.25, -0.2) is 0 Å². The van der Waals surface area contributed by atoms with E-state index in [1.54, 1.807) is 6.08 Å². The van der Waals surface area contributed by atoms with E-state index in [-0.39, 0.29) is 18.9 Å². The van der Waals surface area contributed by atoms with Crippen molar-refractivity contribution in [1.29, 1.82) is 0 Å². The molecule has 2 fully saturated rings. The summed E-state index contributed by atoms with van der Waals surface area (Å²) >= 11 is 0. The molecule has 410 valence electrons. The molecule has 12 atom stereocenters. The highest BCUT2D eigenvalue weighted by Gasteiger charge is 2.51. The summed E-state index contributed by atoms with van der Waals surface area (Å²) in [6.45, 7) is 2.78. The highest BCUT2D eigenvalue weighted by Crippen LogP contribution is 2.30. The summed E-state index contributed by atoms with van der Waals surface area (Å²) in [5.74, 6) is -0.253. The third-order valence-corrected chi connectivity index (χ3v) is 13.8. The lowest BCUT2D eigenvalue weighted by molar-refractivity contribution is -0.359. The molecule has 0 saturated carbocycles. The molecule has 12 unspecified atom stereocenters. The number of carbonyl (C=O) groups is 1. The lowest BCUT2D eigenvalue weighted by Crippen LogP contribution is -2.65. The summed E-state index contributed by atoms with van der Waals surface area (Å²) in [4.78, 5) is 13.2. The fraction of sp³-hybridized carbons (Fsp3) is 0.875. The lowest BCUT2D eigenvalue weighted by Gasteiger charge is -2.46. The van der Waals surface area contributed by atoms with Crippen LogP contribution in [0.1, 0.15) is 219 Å². The van der Waals surface area contributed by atoms with Gasteiger partial charge in [-0.15, -0.1) is 0 Å². The Balaban J connectivity index is 1.82. The van der Waals surface area contributed by atoms with Gasteiger partial charge in [0.25, 0.3) is 0 Å². The topological polar surface area (TPSA) is 228 Å². The molecule has 14 nitrogen and oxygen atoms in total. The van der Waals surface area contributed by atoms with E-state index in [9.17, 15) is 45.6 Å². The Morgan fingerprint density at radius 1 is 0.500 bits per heavy atom. The summed E-state index contributed by atoms with van der Waals surface area (Å²) in [5, 5.41) is 86.9. The molecule has 1 amide bonds. The number of allylic oxidation sites excluding steroid dienone is 5. The zero-order valence-electron chi connectivity index (χ0n) is 43.8. The van der Waals surface area contributed by atoms with Crippen molar-refractivity contribution < 1.29 is 64.6 Å². The summed E-state index contributed by atoms with van der Waals surface area (Å²) in [5.41, 5.74) is 0. The van der Waals surface area contributed by atoms with E-state index in [0.717, 1.165) is 38.5 Å². The van der Waals surface area contributed by atoms with Gasteiger partial charge in [-0.1, -0.05) is 192 Å². The highest BCUT2D eigenvalue weighted by atomic mass is 16.7. The Labute approximate surface area is 423 Å². The maximum Gasteiger partial charge on any atom is 0.220 e. The van der Waals surface area contributed by atoms with Crippen LogP contribution in [0, 0.1) is 0 Å². The van der Waals surface area contributed by atoms with Gasteiger partial charge in [0.05, 0.1) is 32.0 Å². The molecule has 0 bridgehead atoms. The molecule has 0 radical (unpaired) electrons. The molecule has 0 aromatic heterocycles. The summed E-state index contributed by atoms with van der Waals surface area (Å²) in [6.07, 6.45) is 33.2. The van der Waals surface area contributed by atoms with Crippen molar-refractivity contribution in [3.63, 3.8) is 0 Å². The van der Waals surface area contributed by atoms with Crippen molar-refractivity contribution >= 4 is 5.91 Å². The smallest absolute Gasteiger partial charge is 0.220 e. The van der Waals surface area contributed by atoms with Crippen LogP contribution in [0.25, 0.3) is 0 Å². The average molecular weight is 998 g/mol. The first-order chi connectivity index (χ1) is 34.1. The summed E-state index contributed by atoms with van der Waals surface area (Å²) in [7, 11) is 0. The molecule has 2 heterocycles. The molecule has 2 aliphatic heterocycles. The van der Waals surface area contributed by atoms with Crippen molar-refractivity contribution in [3.05, 3.63) is 36.5 Å². The first kappa shape index (κ1) is 64.3. The predicted molar refractivity (Wildman–Crippen MR) is 277 cm³/mol. The molecule has 0 aliphatic carbocycles. The van der Waals surface area contributed by atoms with Crippen LogP contribution in [0.5, 0.6) is 0 Å². The fourth-order valence-corrected chi connectivity index (χ4v) is 9.18. The van der Waals surface area contributed by atoms with E-state index in [1.165, 1.54) is 148 Å². The van der Waals surface area contributed by atoms with Crippen LogP contribution in [0.15, 0.2) is 36.5 Å². The Bertz CT molecular complexity index is 1320. The van der Waals surface area contributed by atoms with Crippen LogP contribution in [0.3, 0.4) is 0 Å². The first-order valence-electron chi connectivity index (χ1n) is 28.2. The first-order valence-corrected chi connectivity index (χ1v) is 28.2. The SMILES string of the molecule is CCCCCCCCC/C=C\CCCCCCCCCC(=O)NC(COC1OC(CO)C(OC2OC(CO)C(O)C(O)C2O)C(O)C1O)C(O)/C=C/CC/C=C/CCCCCCCCCCCCCC. The number of hydrogen-bond acceptors (Lipinski definition) is 13. The molecule has 70 heavy (non-hydrogen) atoms. The maximum absolute atomic E-state index is 13.2. The van der Waals surface area contributed by atoms with Crippen LogP contribution in [0.2, 0.25) is 0 Å². The van der Waals surface area contributed by atoms with E-state index in [4.69, 9.17) is 18.9 Å². The van der Waals surface area contributed by atoms with E-state index in [1.807, 2.05) is 6.08 Å². The zero-order valence-corrected chi connectivity index (χ0v) is 43.8. The summed E-state index contributed by atoms with van der Waals surface area (Å²) < 4.78 is 22.7. The van der Waals surface area contributed by atoms with Crippen LogP contribution in [0.4, 0.5) is 0 Å². The van der Waals surface area contributed by atoms with Gasteiger partial charge in [0.15, 0.2) is 12.6 Å². The van der Waals surface area contributed by atoms with Crippen LogP contribution in [-0.2, 0) is 23.7 Å². The predicted octanol–water partition coefficient (Wildman–Crippen LogP) is 8.66. The van der Waals surface area contributed by atoms with Gasteiger partial charge < -0.3 is 65.1 Å². The molecular formula is C56H103NO13. The third-order valence-electron chi connectivity index (χ3n) is 13.8. The standard InChI is InChI=1S/C56H103NO13/c1-3-5-7-9-11-13-15-17-19-21-23-25-27-29-31-33-35-37-39-45(60)44(57-48(61)40-38-36-34-32-30-28-26-24-22-20-18-16-14-12-10-8-6-4-2)43-67-55-53(66)51(64)54(47(42-59)69-55)70-56-52(65)50(63)49(62)46(41-58)68-56/h20,22,29,31,37,39,44-47,49-56,58-60,62-66H,3-19,21,23-28,30,32-36,38,40-43H2,1-2H3,(H,57,61)/b22-20-,31-29+,39-37+. The fourth-order valence-electron chi connectivity index (χ4n) is 9.18. The number of hydrogen-bond donors (Lipinski definition) is 9. The Kier molecular flexibility index (Phi) is 39.1. The van der Waals surface area contributed by atoms with Gasteiger partial charge in [-0.05, 0) is 57.8 Å². The van der Waals surface area contributed by atoms with E-state index in [2.05, 4.69) is 43.5 Å². The van der Waals surface area contributed by atoms with Crippen molar-refractivity contribution in [1.82, 2.24) is 5.32 Å². The monoisotopic (exact) mass is 998 g/mol. The van der Waals surface area contributed by atoms with Crippen LogP contribution < -0.4 is 5.32 Å². The van der Waals surface area contributed by atoms with Crippen molar-refractivity contribution in [2.45, 2.75) is 293 Å². The van der Waals surface area contributed by atoms with Gasteiger partial charge in [0.1, 0.15) is 48.8 Å². The third kappa shape index (κ3) is 28.6. The molecule has 14 heteroatoms. The number of amides is 1. The number of nitrogens with one attached hydrogen (secondary N) is 1. The minimum atomic E-state index is -1.79. The normalized spacial score (nSPS) is 26.2. The molecule has 0 aromatic carbocycles. The largest absolute Gasteiger partial charge is 0.394 e. The molecular weight excluding hydrogens is 895 g/mol. The summed E-state index contributed by atoms with van der Waals surface area (Å²) in [6, 6.07) is -0.932. The number of carbonyl (C=O) groups excluding carboxylic acids is 1. The van der Waals surface area contributed by atoms with E-state index >= 15 is 0 Å². The second-order valence-corrected chi connectivity index (χ2v) is 20.1. The van der Waals surface area contributed by atoms with Gasteiger partial charge in [-0.3, -0.25) is 4.79 Å². The highest BCUT2D eigenvalue weighted by molar-refractivity contribution is 5.76. The Hall–Kier alpha value is -1.79. The number of aliphatic hydroxyl groups is 8. The quantitative estimate of drug-likeness (QED) is 0.0206. The molecule has 9 N–H and O–H groups in total. The Morgan fingerprint density at radius 3 is 1.40 bits per heavy atom. The van der Waals surface area contributed by atoms with Gasteiger partial charge in [-0.2, -0.15) is 0 Å². The van der Waals surface area contributed by atoms with Crippen LogP contribution in [-0.4, -0.2) is 140 Å². The molecule has 0 spiro atoms. The van der Waals surface area contributed by atoms with Crippen LogP contribution >= 0.6 is 0 Å².